The summed E-state index contributed by atoms with van der Waals surface area (Å²) in [6.07, 6.45) is 0. The molecule has 2 N–H and O–H groups in total. The van der Waals surface area contributed by atoms with Crippen molar-refractivity contribution >= 4 is 58.3 Å². The zero-order valence-corrected chi connectivity index (χ0v) is 18.8. The van der Waals surface area contributed by atoms with E-state index in [0.29, 0.717) is 4.32 Å². The molecule has 0 saturated heterocycles. The molecule has 2 aromatic carbocycles. The van der Waals surface area contributed by atoms with Crippen LogP contribution in [0, 0.1) is 0 Å². The Hall–Kier alpha value is -0.717. The van der Waals surface area contributed by atoms with Crippen molar-refractivity contribution in [2.24, 2.45) is 5.73 Å². The maximum absolute atomic E-state index is 5.16. The molecule has 0 atom stereocenters. The Labute approximate surface area is 172 Å². The third-order valence-corrected chi connectivity index (χ3v) is 3.21. The molecule has 0 saturated carbocycles. The van der Waals surface area contributed by atoms with Gasteiger partial charge < -0.3 is 60.3 Å². The van der Waals surface area contributed by atoms with Crippen LogP contribution in [0.5, 0.6) is 0 Å². The molecule has 0 fully saturated rings. The molecule has 0 bridgehead atoms. The van der Waals surface area contributed by atoms with E-state index >= 15 is 0 Å². The van der Waals surface area contributed by atoms with E-state index in [1.54, 1.807) is 0 Å². The van der Waals surface area contributed by atoms with Gasteiger partial charge in [0.1, 0.15) is 0 Å². The van der Waals surface area contributed by atoms with Gasteiger partial charge in [-0.15, -0.1) is 0 Å². The van der Waals surface area contributed by atoms with E-state index in [-0.39, 0.29) is 23.8 Å². The summed E-state index contributed by atoms with van der Waals surface area (Å²) in [7, 11) is 0. The van der Waals surface area contributed by atoms with Crippen LogP contribution in [0.2, 0.25) is 0 Å². The Bertz CT molecular complexity index is 548. The standard InChI is InChI=1S/C15H15NS2.CH3NS2.Zn/c17-15(18)16(11-13-7-3-1-4-8-13)12-14-9-5-2-6-10-14;2-1(3)4;/h1-10H,11-12H2,(H,17,18);(H3,2,3,4);/q;;+2/p-2. The van der Waals surface area contributed by atoms with Crippen LogP contribution in [-0.4, -0.2) is 13.5 Å². The largest absolute Gasteiger partial charge is 2.00 e. The zero-order chi connectivity index (χ0) is 16.4. The van der Waals surface area contributed by atoms with Gasteiger partial charge in [0, 0.05) is 13.1 Å². The molecule has 0 aromatic heterocycles. The summed E-state index contributed by atoms with van der Waals surface area (Å²) < 4.78 is 0.600. The number of hydrogen-bond acceptors (Lipinski definition) is 4. The summed E-state index contributed by atoms with van der Waals surface area (Å²) in [5.41, 5.74) is 7.10. The second-order valence-corrected chi connectivity index (χ2v) is 6.58. The summed E-state index contributed by atoms with van der Waals surface area (Å²) in [4.78, 5) is 2.04. The fraction of sp³-hybridized carbons (Fsp3) is 0.125. The van der Waals surface area contributed by atoms with Crippen molar-refractivity contribution < 1.29 is 19.5 Å². The monoisotopic (exact) mass is 428 g/mol. The minimum atomic E-state index is 0. The topological polar surface area (TPSA) is 29.3 Å². The molecule has 0 amide bonds. The Morgan fingerprint density at radius 3 is 1.39 bits per heavy atom. The number of nitrogens with two attached hydrogens (primary N) is 1. The third-order valence-electron chi connectivity index (χ3n) is 2.69. The number of hydrogen-bond donors (Lipinski definition) is 1. The molecular formula is C16H16N2S4Zn. The smallest absolute Gasteiger partial charge is 0.415 e. The molecule has 23 heavy (non-hydrogen) atoms. The van der Waals surface area contributed by atoms with Crippen LogP contribution in [0.15, 0.2) is 60.7 Å². The van der Waals surface area contributed by atoms with Gasteiger partial charge in [0.25, 0.3) is 0 Å². The Morgan fingerprint density at radius 2 is 1.13 bits per heavy atom. The van der Waals surface area contributed by atoms with Crippen LogP contribution in [-0.2, 0) is 57.8 Å². The van der Waals surface area contributed by atoms with Crippen molar-refractivity contribution in [1.29, 1.82) is 0 Å². The number of thiocarbonyl (C=S) groups is 2. The first-order valence-corrected chi connectivity index (χ1v) is 8.12. The van der Waals surface area contributed by atoms with E-state index in [9.17, 15) is 0 Å². The molecule has 2 aromatic rings. The van der Waals surface area contributed by atoms with Crippen molar-refractivity contribution in [2.45, 2.75) is 13.1 Å². The van der Waals surface area contributed by atoms with Crippen molar-refractivity contribution in [3.63, 3.8) is 0 Å². The van der Waals surface area contributed by atoms with Crippen LogP contribution in [0.1, 0.15) is 11.1 Å². The normalized spacial score (nSPS) is 8.87. The van der Waals surface area contributed by atoms with Crippen LogP contribution in [0.4, 0.5) is 0 Å². The third kappa shape index (κ3) is 10.6. The summed E-state index contributed by atoms with van der Waals surface area (Å²) in [6, 6.07) is 20.5. The number of nitrogens with zero attached hydrogens (tertiary/aromatic N) is 1. The molecule has 0 heterocycles. The Balaban J connectivity index is 0.000000871. The van der Waals surface area contributed by atoms with Crippen molar-refractivity contribution in [3.8, 4) is 0 Å². The summed E-state index contributed by atoms with van der Waals surface area (Å²) in [6.45, 7) is 1.52. The molecule has 116 valence electrons. The maximum Gasteiger partial charge on any atom is 2.00 e. The predicted octanol–water partition coefficient (Wildman–Crippen LogP) is 3.30. The van der Waals surface area contributed by atoms with Gasteiger partial charge in [-0.25, -0.2) is 0 Å². The van der Waals surface area contributed by atoms with Gasteiger partial charge in [-0.1, -0.05) is 69.3 Å². The molecule has 0 aliphatic heterocycles. The fourth-order valence-electron chi connectivity index (χ4n) is 1.79. The van der Waals surface area contributed by atoms with E-state index < -0.39 is 0 Å². The maximum atomic E-state index is 5.16. The first kappa shape index (κ1) is 22.3. The average molecular weight is 430 g/mol. The van der Waals surface area contributed by atoms with Gasteiger partial charge in [-0.2, -0.15) is 0 Å². The first-order valence-electron chi connectivity index (χ1n) is 6.49. The van der Waals surface area contributed by atoms with E-state index in [4.69, 9.17) is 24.8 Å². The molecule has 7 heteroatoms. The minimum Gasteiger partial charge on any atom is -0.415 e. The molecule has 0 aliphatic carbocycles. The van der Waals surface area contributed by atoms with Gasteiger partial charge in [0.15, 0.2) is 0 Å². The Morgan fingerprint density at radius 1 is 0.826 bits per heavy atom. The van der Waals surface area contributed by atoms with Crippen LogP contribution in [0.3, 0.4) is 0 Å². The average Bonchev–Trinajstić information content (AvgIpc) is 2.48. The van der Waals surface area contributed by atoms with E-state index in [2.05, 4.69) is 54.8 Å². The summed E-state index contributed by atoms with van der Waals surface area (Å²) in [5.74, 6) is 0. The minimum absolute atomic E-state index is 0. The SMILES string of the molecule is NC(=S)[S-].S=C([S-])N(Cc1ccccc1)Cc1ccccc1.[Zn+2]. The zero-order valence-electron chi connectivity index (χ0n) is 12.6. The van der Waals surface area contributed by atoms with Gasteiger partial charge in [-0.05, 0) is 11.1 Å². The number of benzene rings is 2. The Kier molecular flexibility index (Phi) is 12.3. The van der Waals surface area contributed by atoms with E-state index in [1.807, 2.05) is 41.3 Å². The number of rotatable bonds is 4. The summed E-state index contributed by atoms with van der Waals surface area (Å²) in [5, 5.41) is 0. The van der Waals surface area contributed by atoms with Gasteiger partial charge >= 0.3 is 19.5 Å². The molecule has 0 spiro atoms. The fourth-order valence-corrected chi connectivity index (χ4v) is 2.05. The van der Waals surface area contributed by atoms with Gasteiger partial charge in [0.05, 0.1) is 0 Å². The van der Waals surface area contributed by atoms with Crippen molar-refractivity contribution in [3.05, 3.63) is 71.8 Å². The van der Waals surface area contributed by atoms with E-state index in [0.717, 1.165) is 13.1 Å². The van der Waals surface area contributed by atoms with Gasteiger partial charge in [0.2, 0.25) is 0 Å². The quantitative estimate of drug-likeness (QED) is 0.455. The van der Waals surface area contributed by atoms with Crippen LogP contribution in [0.25, 0.3) is 0 Å². The molecular weight excluding hydrogens is 414 g/mol. The first-order chi connectivity index (χ1) is 10.5. The molecule has 2 rings (SSSR count). The molecule has 0 radical (unpaired) electrons. The molecule has 2 nitrogen and oxygen atoms in total. The van der Waals surface area contributed by atoms with Crippen molar-refractivity contribution in [2.75, 3.05) is 0 Å². The van der Waals surface area contributed by atoms with Crippen LogP contribution >= 0.6 is 24.4 Å². The summed E-state index contributed by atoms with van der Waals surface area (Å²) >= 11 is 18.6. The molecule has 0 unspecified atom stereocenters. The van der Waals surface area contributed by atoms with E-state index in [1.165, 1.54) is 11.1 Å². The second kappa shape index (κ2) is 12.7. The molecule has 0 aliphatic rings. The van der Waals surface area contributed by atoms with Gasteiger partial charge in [-0.3, -0.25) is 0 Å². The second-order valence-electron chi connectivity index (χ2n) is 4.41. The van der Waals surface area contributed by atoms with Crippen molar-refractivity contribution in [1.82, 2.24) is 4.90 Å². The predicted molar refractivity (Wildman–Crippen MR) is 106 cm³/mol. The van der Waals surface area contributed by atoms with Crippen LogP contribution < -0.4 is 5.73 Å².